The minimum atomic E-state index is -0.120. The van der Waals surface area contributed by atoms with Gasteiger partial charge in [0.1, 0.15) is 0 Å². The van der Waals surface area contributed by atoms with Crippen LogP contribution in [0, 0.1) is 0 Å². The Kier molecular flexibility index (Phi) is 6.67. The lowest BCUT2D eigenvalue weighted by atomic mass is 10.1. The van der Waals surface area contributed by atoms with Gasteiger partial charge >= 0.3 is 0 Å². The molecule has 0 spiro atoms. The van der Waals surface area contributed by atoms with Crippen LogP contribution in [0.2, 0.25) is 0 Å². The monoisotopic (exact) mass is 355 g/mol. The normalized spacial score (nSPS) is 11.0. The number of amides is 1. The molecule has 0 radical (unpaired) electrons. The number of hydrogen-bond acceptors (Lipinski definition) is 4. The third-order valence-electron chi connectivity index (χ3n) is 3.96. The maximum absolute atomic E-state index is 12.8. The summed E-state index contributed by atoms with van der Waals surface area (Å²) in [7, 11) is 6.36. The van der Waals surface area contributed by atoms with E-state index in [4.69, 9.17) is 14.2 Å². The minimum Gasteiger partial charge on any atom is -0.493 e. The maximum atomic E-state index is 12.8. The van der Waals surface area contributed by atoms with Crippen LogP contribution in [0.4, 0.5) is 0 Å². The van der Waals surface area contributed by atoms with E-state index in [1.165, 1.54) is 21.3 Å². The van der Waals surface area contributed by atoms with Crippen LogP contribution in [0.25, 0.3) is 6.08 Å². The molecule has 2 rings (SSSR count). The predicted octanol–water partition coefficient (Wildman–Crippen LogP) is 3.89. The van der Waals surface area contributed by atoms with Gasteiger partial charge in [0.25, 0.3) is 5.91 Å². The third-order valence-corrected chi connectivity index (χ3v) is 3.96. The van der Waals surface area contributed by atoms with Crippen LogP contribution in [0.5, 0.6) is 17.2 Å². The first-order valence-corrected chi connectivity index (χ1v) is 8.27. The zero-order valence-electron chi connectivity index (χ0n) is 15.9. The summed E-state index contributed by atoms with van der Waals surface area (Å²) in [5, 5.41) is 0. The Morgan fingerprint density at radius 1 is 1.00 bits per heavy atom. The number of methoxy groups -OCH3 is 3. The second kappa shape index (κ2) is 8.94. The van der Waals surface area contributed by atoms with Crippen molar-refractivity contribution in [3.63, 3.8) is 0 Å². The van der Waals surface area contributed by atoms with Crippen molar-refractivity contribution in [2.45, 2.75) is 6.92 Å². The van der Waals surface area contributed by atoms with E-state index >= 15 is 0 Å². The first kappa shape index (κ1) is 19.4. The number of nitrogens with zero attached hydrogens (tertiary/aromatic N) is 1. The van der Waals surface area contributed by atoms with Crippen LogP contribution in [0.3, 0.4) is 0 Å². The van der Waals surface area contributed by atoms with Gasteiger partial charge in [-0.05, 0) is 24.6 Å². The molecule has 0 N–H and O–H groups in total. The highest BCUT2D eigenvalue weighted by Crippen LogP contribution is 2.38. The van der Waals surface area contributed by atoms with Crippen molar-refractivity contribution in [3.05, 3.63) is 59.2 Å². The summed E-state index contributed by atoms with van der Waals surface area (Å²) < 4.78 is 15.9. The number of ether oxygens (including phenoxy) is 3. The first-order valence-electron chi connectivity index (χ1n) is 8.27. The smallest absolute Gasteiger partial charge is 0.254 e. The summed E-state index contributed by atoms with van der Waals surface area (Å²) in [6.07, 6.45) is 2.07. The minimum absolute atomic E-state index is 0.120. The molecular formula is C21H25NO4. The second-order valence-corrected chi connectivity index (χ2v) is 5.98. The summed E-state index contributed by atoms with van der Waals surface area (Å²) >= 11 is 0. The van der Waals surface area contributed by atoms with Crippen molar-refractivity contribution >= 4 is 12.0 Å². The van der Waals surface area contributed by atoms with Crippen molar-refractivity contribution in [3.8, 4) is 17.2 Å². The predicted molar refractivity (Wildman–Crippen MR) is 103 cm³/mol. The van der Waals surface area contributed by atoms with E-state index in [0.29, 0.717) is 29.4 Å². The molecule has 5 heteroatoms. The molecule has 2 aromatic carbocycles. The van der Waals surface area contributed by atoms with Crippen molar-refractivity contribution in [1.29, 1.82) is 0 Å². The molecular weight excluding hydrogens is 330 g/mol. The Morgan fingerprint density at radius 2 is 1.58 bits per heavy atom. The van der Waals surface area contributed by atoms with E-state index in [9.17, 15) is 4.79 Å². The fourth-order valence-corrected chi connectivity index (χ4v) is 2.75. The fourth-order valence-electron chi connectivity index (χ4n) is 2.75. The Bertz CT molecular complexity index is 759. The Morgan fingerprint density at radius 3 is 2.08 bits per heavy atom. The van der Waals surface area contributed by atoms with E-state index in [1.807, 2.05) is 37.3 Å². The molecule has 0 aliphatic rings. The van der Waals surface area contributed by atoms with Gasteiger partial charge in [-0.25, -0.2) is 0 Å². The van der Waals surface area contributed by atoms with Gasteiger partial charge in [-0.15, -0.1) is 0 Å². The lowest BCUT2D eigenvalue weighted by Gasteiger charge is -2.20. The van der Waals surface area contributed by atoms with Gasteiger partial charge in [-0.3, -0.25) is 4.79 Å². The second-order valence-electron chi connectivity index (χ2n) is 5.98. The van der Waals surface area contributed by atoms with E-state index < -0.39 is 0 Å². The van der Waals surface area contributed by atoms with E-state index in [2.05, 4.69) is 6.08 Å². The summed E-state index contributed by atoms with van der Waals surface area (Å²) in [6.45, 7) is 2.52. The summed E-state index contributed by atoms with van der Waals surface area (Å²) in [5.74, 6) is 1.26. The van der Waals surface area contributed by atoms with Crippen LogP contribution in [0.1, 0.15) is 22.8 Å². The molecule has 138 valence electrons. The number of benzene rings is 2. The van der Waals surface area contributed by atoms with Gasteiger partial charge in [-0.1, -0.05) is 42.0 Å². The average Bonchev–Trinajstić information content (AvgIpc) is 2.66. The van der Waals surface area contributed by atoms with Gasteiger partial charge in [0.2, 0.25) is 5.75 Å². The molecule has 0 unspecified atom stereocenters. The Balaban J connectivity index is 2.21. The number of hydrogen-bond donors (Lipinski definition) is 0. The molecule has 0 atom stereocenters. The molecule has 0 aliphatic heterocycles. The van der Waals surface area contributed by atoms with Gasteiger partial charge in [0.05, 0.1) is 21.3 Å². The molecule has 5 nitrogen and oxygen atoms in total. The SMILES string of the molecule is COc1cc(C(=O)N(C)C/C(C)=C/c2ccccc2)cc(OC)c1OC. The third kappa shape index (κ3) is 4.57. The van der Waals surface area contributed by atoms with Crippen LogP contribution in [-0.2, 0) is 0 Å². The van der Waals surface area contributed by atoms with Crippen LogP contribution in [-0.4, -0.2) is 45.7 Å². The Labute approximate surface area is 154 Å². The largest absolute Gasteiger partial charge is 0.493 e. The number of rotatable bonds is 7. The van der Waals surface area contributed by atoms with Crippen molar-refractivity contribution in [1.82, 2.24) is 4.90 Å². The fraction of sp³-hybridized carbons (Fsp3) is 0.286. The quantitative estimate of drug-likeness (QED) is 0.756. The highest BCUT2D eigenvalue weighted by molar-refractivity contribution is 5.95. The molecule has 2 aromatic rings. The van der Waals surface area contributed by atoms with Gasteiger partial charge in [-0.2, -0.15) is 0 Å². The summed E-state index contributed by atoms with van der Waals surface area (Å²) in [6, 6.07) is 13.3. The average molecular weight is 355 g/mol. The molecule has 0 bridgehead atoms. The number of likely N-dealkylation sites (N-methyl/N-ethyl adjacent to an activating group) is 1. The van der Waals surface area contributed by atoms with Crippen LogP contribution >= 0.6 is 0 Å². The summed E-state index contributed by atoms with van der Waals surface area (Å²) in [5.41, 5.74) is 2.67. The molecule has 0 aliphatic carbocycles. The van der Waals surface area contributed by atoms with E-state index in [0.717, 1.165) is 11.1 Å². The number of carbonyl (C=O) groups is 1. The summed E-state index contributed by atoms with van der Waals surface area (Å²) in [4.78, 5) is 14.5. The topological polar surface area (TPSA) is 48.0 Å². The highest BCUT2D eigenvalue weighted by Gasteiger charge is 2.19. The van der Waals surface area contributed by atoms with Gasteiger partial charge < -0.3 is 19.1 Å². The maximum Gasteiger partial charge on any atom is 0.254 e. The molecule has 26 heavy (non-hydrogen) atoms. The van der Waals surface area contributed by atoms with Gasteiger partial charge in [0.15, 0.2) is 11.5 Å². The van der Waals surface area contributed by atoms with E-state index in [1.54, 1.807) is 24.1 Å². The lowest BCUT2D eigenvalue weighted by Crippen LogP contribution is -2.28. The molecule has 0 fully saturated rings. The zero-order valence-corrected chi connectivity index (χ0v) is 15.9. The number of carbonyl (C=O) groups excluding carboxylic acids is 1. The molecule has 0 heterocycles. The zero-order chi connectivity index (χ0) is 19.1. The van der Waals surface area contributed by atoms with Crippen molar-refractivity contribution in [2.24, 2.45) is 0 Å². The lowest BCUT2D eigenvalue weighted by molar-refractivity contribution is 0.0806. The van der Waals surface area contributed by atoms with Crippen LogP contribution < -0.4 is 14.2 Å². The van der Waals surface area contributed by atoms with Crippen molar-refractivity contribution in [2.75, 3.05) is 34.9 Å². The van der Waals surface area contributed by atoms with E-state index in [-0.39, 0.29) is 5.91 Å². The molecule has 0 saturated carbocycles. The first-order chi connectivity index (χ1) is 12.5. The highest BCUT2D eigenvalue weighted by atomic mass is 16.5. The molecule has 0 aromatic heterocycles. The Hall–Kier alpha value is -2.95. The molecule has 0 saturated heterocycles. The standard InChI is InChI=1S/C21H25NO4/c1-15(11-16-9-7-6-8-10-16)14-22(2)21(23)17-12-18(24-3)20(26-5)19(13-17)25-4/h6-13H,14H2,1-5H3/b15-11+. The van der Waals surface area contributed by atoms with Crippen LogP contribution in [0.15, 0.2) is 48.0 Å². The van der Waals surface area contributed by atoms with Crippen molar-refractivity contribution < 1.29 is 19.0 Å². The molecule has 1 amide bonds. The van der Waals surface area contributed by atoms with Gasteiger partial charge in [0, 0.05) is 19.2 Å².